The van der Waals surface area contributed by atoms with Gasteiger partial charge in [0.1, 0.15) is 0 Å². The molecule has 1 heteroatoms. The van der Waals surface area contributed by atoms with Crippen LogP contribution in [0, 0.1) is 5.92 Å². The molecule has 0 amide bonds. The van der Waals surface area contributed by atoms with Gasteiger partial charge in [0.05, 0.1) is 11.0 Å². The van der Waals surface area contributed by atoms with Crippen LogP contribution in [0.25, 0.3) is 60.2 Å². The highest BCUT2D eigenvalue weighted by atomic mass is 15.0. The minimum Gasteiger partial charge on any atom is -0.309 e. The summed E-state index contributed by atoms with van der Waals surface area (Å²) >= 11 is 0. The molecule has 0 saturated heterocycles. The fourth-order valence-corrected chi connectivity index (χ4v) is 8.64. The van der Waals surface area contributed by atoms with Crippen molar-refractivity contribution in [3.63, 3.8) is 0 Å². The fourth-order valence-electron chi connectivity index (χ4n) is 8.64. The summed E-state index contributed by atoms with van der Waals surface area (Å²) in [5.74, 6) is 0.356. The van der Waals surface area contributed by atoms with Crippen molar-refractivity contribution in [2.75, 3.05) is 0 Å². The summed E-state index contributed by atoms with van der Waals surface area (Å²) in [6.45, 7) is 7.35. The predicted molar refractivity (Wildman–Crippen MR) is 183 cm³/mol. The fraction of sp³-hybridized carbons (Fsp3) is 0.143. The van der Waals surface area contributed by atoms with Gasteiger partial charge in [0, 0.05) is 27.3 Å². The van der Waals surface area contributed by atoms with Crippen LogP contribution in [0.5, 0.6) is 0 Å². The van der Waals surface area contributed by atoms with Gasteiger partial charge in [-0.1, -0.05) is 142 Å². The molecule has 0 bridgehead atoms. The molecule has 1 heterocycles. The maximum Gasteiger partial charge on any atom is 0.0619 e. The number of aromatic nitrogens is 1. The number of hydrogen-bond donors (Lipinski definition) is 0. The largest absolute Gasteiger partial charge is 0.309 e. The highest BCUT2D eigenvalue weighted by Gasteiger charge is 2.49. The molecule has 2 atom stereocenters. The average molecular weight is 552 g/mol. The van der Waals surface area contributed by atoms with Gasteiger partial charge in [-0.2, -0.15) is 0 Å². The van der Waals surface area contributed by atoms with Gasteiger partial charge in [0.15, 0.2) is 0 Å². The van der Waals surface area contributed by atoms with E-state index in [-0.39, 0.29) is 10.8 Å². The predicted octanol–water partition coefficient (Wildman–Crippen LogP) is 11.0. The normalized spacial score (nSPS) is 20.3. The summed E-state index contributed by atoms with van der Waals surface area (Å²) in [6.07, 6.45) is 9.46. The van der Waals surface area contributed by atoms with E-state index in [0.29, 0.717) is 5.92 Å². The molecule has 0 N–H and O–H groups in total. The number of hydrogen-bond acceptors (Lipinski definition) is 0. The van der Waals surface area contributed by atoms with Crippen molar-refractivity contribution >= 4 is 43.4 Å². The van der Waals surface area contributed by atoms with Crippen LogP contribution in [0.1, 0.15) is 31.9 Å². The Kier molecular flexibility index (Phi) is 4.93. The second-order valence-corrected chi connectivity index (χ2v) is 13.2. The van der Waals surface area contributed by atoms with Crippen LogP contribution < -0.4 is 0 Å². The van der Waals surface area contributed by atoms with Crippen LogP contribution in [0.3, 0.4) is 0 Å². The standard InChI is InChI=1S/C42H33N/c1-41(2)34-20-12-17-30-26-35-38(39(37(30)34)42(3)24-10-9-21-36(41)42)33-23-22-28-15-7-8-19-32(28)40(33)43(35)31-18-11-16-29(25-31)27-13-5-4-6-14-27/h4-26,36H,1-3H3. The van der Waals surface area contributed by atoms with Crippen molar-refractivity contribution < 1.29 is 0 Å². The van der Waals surface area contributed by atoms with Crippen molar-refractivity contribution in [1.82, 2.24) is 4.57 Å². The first-order chi connectivity index (χ1) is 21.0. The third-order valence-electron chi connectivity index (χ3n) is 10.5. The Morgan fingerprint density at radius 2 is 1.37 bits per heavy atom. The van der Waals surface area contributed by atoms with Gasteiger partial charge in [-0.15, -0.1) is 0 Å². The van der Waals surface area contributed by atoms with Gasteiger partial charge < -0.3 is 4.57 Å². The van der Waals surface area contributed by atoms with Crippen molar-refractivity contribution in [1.29, 1.82) is 0 Å². The van der Waals surface area contributed by atoms with Gasteiger partial charge in [-0.3, -0.25) is 0 Å². The minimum atomic E-state index is -0.138. The molecule has 0 radical (unpaired) electrons. The lowest BCUT2D eigenvalue weighted by molar-refractivity contribution is 0.272. The Labute approximate surface area is 252 Å². The van der Waals surface area contributed by atoms with Gasteiger partial charge in [0.2, 0.25) is 0 Å². The van der Waals surface area contributed by atoms with Crippen molar-refractivity contribution in [3.05, 3.63) is 151 Å². The van der Waals surface area contributed by atoms with E-state index in [4.69, 9.17) is 0 Å². The third-order valence-corrected chi connectivity index (χ3v) is 10.5. The third kappa shape index (κ3) is 3.23. The van der Waals surface area contributed by atoms with E-state index in [1.165, 1.54) is 71.3 Å². The molecule has 43 heavy (non-hydrogen) atoms. The van der Waals surface area contributed by atoms with Gasteiger partial charge in [-0.05, 0) is 67.9 Å². The van der Waals surface area contributed by atoms with E-state index in [0.717, 1.165) is 0 Å². The zero-order valence-corrected chi connectivity index (χ0v) is 24.8. The summed E-state index contributed by atoms with van der Waals surface area (Å²) in [4.78, 5) is 0. The van der Waals surface area contributed by atoms with Gasteiger partial charge >= 0.3 is 0 Å². The lowest BCUT2D eigenvalue weighted by Gasteiger charge is -2.50. The molecule has 1 aromatic heterocycles. The number of rotatable bonds is 2. The summed E-state index contributed by atoms with van der Waals surface area (Å²) in [5, 5.41) is 8.02. The number of allylic oxidation sites excluding steroid dienone is 4. The first-order valence-corrected chi connectivity index (χ1v) is 15.4. The van der Waals surface area contributed by atoms with Crippen LogP contribution in [0.15, 0.2) is 140 Å². The molecule has 0 aliphatic heterocycles. The van der Waals surface area contributed by atoms with Crippen LogP contribution in [0.4, 0.5) is 0 Å². The van der Waals surface area contributed by atoms with E-state index in [2.05, 4.69) is 165 Å². The molecule has 6 aromatic carbocycles. The zero-order valence-electron chi connectivity index (χ0n) is 24.8. The van der Waals surface area contributed by atoms with Gasteiger partial charge in [0.25, 0.3) is 0 Å². The monoisotopic (exact) mass is 551 g/mol. The van der Waals surface area contributed by atoms with Crippen molar-refractivity contribution in [3.8, 4) is 16.8 Å². The van der Waals surface area contributed by atoms with Crippen LogP contribution >= 0.6 is 0 Å². The molecular formula is C42H33N. The molecule has 2 aliphatic rings. The highest BCUT2D eigenvalue weighted by molar-refractivity contribution is 6.23. The maximum absolute atomic E-state index is 2.54. The second kappa shape index (κ2) is 8.58. The van der Waals surface area contributed by atoms with Crippen molar-refractivity contribution in [2.45, 2.75) is 31.6 Å². The molecule has 0 fully saturated rings. The minimum absolute atomic E-state index is 0.00524. The average Bonchev–Trinajstić information content (AvgIpc) is 3.37. The quantitative estimate of drug-likeness (QED) is 0.201. The zero-order chi connectivity index (χ0) is 28.9. The van der Waals surface area contributed by atoms with Crippen LogP contribution in [0.2, 0.25) is 0 Å². The number of fused-ring (bicyclic) bond motifs is 8. The first kappa shape index (κ1) is 24.7. The Hall–Kier alpha value is -4.88. The molecule has 206 valence electrons. The molecule has 2 aliphatic carbocycles. The first-order valence-electron chi connectivity index (χ1n) is 15.4. The topological polar surface area (TPSA) is 4.93 Å². The van der Waals surface area contributed by atoms with Crippen LogP contribution in [-0.4, -0.2) is 4.57 Å². The maximum atomic E-state index is 2.54. The Balaban J connectivity index is 1.51. The molecule has 9 rings (SSSR count). The van der Waals surface area contributed by atoms with E-state index >= 15 is 0 Å². The van der Waals surface area contributed by atoms with E-state index in [9.17, 15) is 0 Å². The summed E-state index contributed by atoms with van der Waals surface area (Å²) in [5.41, 5.74) is 9.01. The number of nitrogens with zero attached hydrogens (tertiary/aromatic N) is 1. The van der Waals surface area contributed by atoms with Crippen molar-refractivity contribution in [2.24, 2.45) is 5.92 Å². The molecule has 2 unspecified atom stereocenters. The molecule has 0 spiro atoms. The molecule has 7 aromatic rings. The molecular weight excluding hydrogens is 518 g/mol. The Bertz CT molecular complexity index is 2330. The lowest BCUT2D eigenvalue weighted by Crippen LogP contribution is -2.46. The Morgan fingerprint density at radius 1 is 0.605 bits per heavy atom. The summed E-state index contributed by atoms with van der Waals surface area (Å²) < 4.78 is 2.54. The highest BCUT2D eigenvalue weighted by Crippen LogP contribution is 2.58. The molecule has 0 saturated carbocycles. The van der Waals surface area contributed by atoms with E-state index in [1.807, 2.05) is 0 Å². The number of benzene rings is 6. The summed E-state index contributed by atoms with van der Waals surface area (Å²) in [6, 6.07) is 42.8. The smallest absolute Gasteiger partial charge is 0.0619 e. The second-order valence-electron chi connectivity index (χ2n) is 13.2. The Morgan fingerprint density at radius 3 is 2.26 bits per heavy atom. The lowest BCUT2D eigenvalue weighted by atomic mass is 9.52. The summed E-state index contributed by atoms with van der Waals surface area (Å²) in [7, 11) is 0. The van der Waals surface area contributed by atoms with Crippen LogP contribution in [-0.2, 0) is 10.8 Å². The molecule has 1 nitrogen and oxygen atoms in total. The van der Waals surface area contributed by atoms with E-state index in [1.54, 1.807) is 0 Å². The van der Waals surface area contributed by atoms with Gasteiger partial charge in [-0.25, -0.2) is 0 Å². The van der Waals surface area contributed by atoms with E-state index < -0.39 is 0 Å². The SMILES string of the molecule is CC1(C)c2cccc3cc4c(c(c23)C2(C)C=CC=CC12)c1ccc2ccccc2c1n4-c1cccc(-c2ccccc2)c1.